The summed E-state index contributed by atoms with van der Waals surface area (Å²) in [5, 5.41) is 14.6. The number of halogens is 2. The third-order valence-electron chi connectivity index (χ3n) is 8.60. The predicted octanol–water partition coefficient (Wildman–Crippen LogP) is 7.54. The van der Waals surface area contributed by atoms with Gasteiger partial charge in [0.1, 0.15) is 23.5 Å². The first kappa shape index (κ1) is 27.8. The molecule has 3 aliphatic carbocycles. The minimum absolute atomic E-state index is 0.207. The molecule has 216 valence electrons. The van der Waals surface area contributed by atoms with E-state index >= 15 is 0 Å². The summed E-state index contributed by atoms with van der Waals surface area (Å²) in [5.41, 5.74) is 2.44. The number of fused-ring (bicyclic) bond motifs is 1. The van der Waals surface area contributed by atoms with Crippen molar-refractivity contribution >= 4 is 28.3 Å². The highest BCUT2D eigenvalue weighted by atomic mass is 19.1. The molecule has 4 unspecified atom stereocenters. The van der Waals surface area contributed by atoms with Crippen LogP contribution in [0, 0.1) is 5.92 Å². The topological polar surface area (TPSA) is 96.2 Å². The molecule has 0 radical (unpaired) electrons. The van der Waals surface area contributed by atoms with E-state index in [0.717, 1.165) is 68.1 Å². The van der Waals surface area contributed by atoms with Crippen LogP contribution in [0.15, 0.2) is 47.6 Å². The normalized spacial score (nSPS) is 25.1. The number of anilines is 1. The second-order valence-electron chi connectivity index (χ2n) is 11.9. The van der Waals surface area contributed by atoms with Crippen molar-refractivity contribution in [3.05, 3.63) is 48.2 Å². The van der Waals surface area contributed by atoms with E-state index in [4.69, 9.17) is 9.97 Å². The van der Waals surface area contributed by atoms with Crippen molar-refractivity contribution in [1.82, 2.24) is 19.9 Å². The van der Waals surface area contributed by atoms with Gasteiger partial charge in [0.05, 0.1) is 17.8 Å². The SMILES string of the molecule is CC(O)CCC1CCCC(Nc2nc(-c3ccnc(N=C4C(F)=CCCC4F)c3)nc3cncc(C4CC4)c23)CC1. The Morgan fingerprint density at radius 2 is 1.98 bits per heavy atom. The number of nitrogens with zero attached hydrogens (tertiary/aromatic N) is 5. The summed E-state index contributed by atoms with van der Waals surface area (Å²) in [4.78, 5) is 22.9. The van der Waals surface area contributed by atoms with Gasteiger partial charge in [-0.1, -0.05) is 12.8 Å². The second kappa shape index (κ2) is 12.3. The smallest absolute Gasteiger partial charge is 0.162 e. The molecule has 3 heterocycles. The molecule has 3 aromatic rings. The largest absolute Gasteiger partial charge is 0.393 e. The summed E-state index contributed by atoms with van der Waals surface area (Å²) in [6.07, 6.45) is 15.4. The molecule has 0 aromatic carbocycles. The van der Waals surface area contributed by atoms with Gasteiger partial charge >= 0.3 is 0 Å². The lowest BCUT2D eigenvalue weighted by molar-refractivity contribution is 0.171. The first-order valence-electron chi connectivity index (χ1n) is 15.1. The van der Waals surface area contributed by atoms with Crippen LogP contribution in [0.2, 0.25) is 0 Å². The summed E-state index contributed by atoms with van der Waals surface area (Å²) < 4.78 is 28.7. The van der Waals surface area contributed by atoms with E-state index in [1.807, 2.05) is 13.1 Å². The number of aromatic nitrogens is 4. The first-order chi connectivity index (χ1) is 19.9. The standard InChI is InChI=1S/C32H38F2N6O/c1-19(41)8-9-20-4-2-5-23(13-10-20)37-32-29-24(21-11-12-21)17-35-18-27(29)38-31(40-32)22-14-15-36-28(16-22)39-30-25(33)6-3-7-26(30)34/h6,14-21,23,26,41H,2-5,7-13H2,1H3,(H,37,38,40). The lowest BCUT2D eigenvalue weighted by Gasteiger charge is -2.20. The maximum absolute atomic E-state index is 14.4. The fraction of sp³-hybridized carbons (Fsp3) is 0.531. The Balaban J connectivity index is 1.32. The van der Waals surface area contributed by atoms with E-state index in [0.29, 0.717) is 35.7 Å². The highest BCUT2D eigenvalue weighted by Crippen LogP contribution is 2.44. The summed E-state index contributed by atoms with van der Waals surface area (Å²) in [6.45, 7) is 1.87. The van der Waals surface area contributed by atoms with Crippen LogP contribution < -0.4 is 5.32 Å². The molecule has 2 N–H and O–H groups in total. The molecule has 0 saturated heterocycles. The number of pyridine rings is 2. The molecule has 7 nitrogen and oxygen atoms in total. The van der Waals surface area contributed by atoms with Gasteiger partial charge < -0.3 is 10.4 Å². The summed E-state index contributed by atoms with van der Waals surface area (Å²) in [6, 6.07) is 3.77. The van der Waals surface area contributed by atoms with Crippen molar-refractivity contribution < 1.29 is 13.9 Å². The van der Waals surface area contributed by atoms with Crippen molar-refractivity contribution in [2.45, 2.75) is 102 Å². The predicted molar refractivity (Wildman–Crippen MR) is 158 cm³/mol. The van der Waals surface area contributed by atoms with Gasteiger partial charge in [0, 0.05) is 29.4 Å². The van der Waals surface area contributed by atoms with Crippen molar-refractivity contribution in [1.29, 1.82) is 0 Å². The summed E-state index contributed by atoms with van der Waals surface area (Å²) in [7, 11) is 0. The zero-order chi connectivity index (χ0) is 28.3. The second-order valence-corrected chi connectivity index (χ2v) is 11.9. The van der Waals surface area contributed by atoms with Crippen LogP contribution in [0.5, 0.6) is 0 Å². The Kier molecular flexibility index (Phi) is 8.32. The lowest BCUT2D eigenvalue weighted by atomic mass is 9.94. The van der Waals surface area contributed by atoms with Crippen LogP contribution in [-0.4, -0.2) is 49.1 Å². The Bertz CT molecular complexity index is 1450. The van der Waals surface area contributed by atoms with E-state index in [9.17, 15) is 13.9 Å². The van der Waals surface area contributed by atoms with E-state index in [-0.39, 0.29) is 24.1 Å². The van der Waals surface area contributed by atoms with Crippen LogP contribution in [0.4, 0.5) is 20.4 Å². The lowest BCUT2D eigenvalue weighted by Crippen LogP contribution is -2.20. The number of alkyl halides is 1. The molecule has 2 saturated carbocycles. The Labute approximate surface area is 239 Å². The van der Waals surface area contributed by atoms with Crippen molar-refractivity contribution in [3.63, 3.8) is 0 Å². The quantitative estimate of drug-likeness (QED) is 0.276. The van der Waals surface area contributed by atoms with Gasteiger partial charge in [-0.05, 0) is 100 Å². The monoisotopic (exact) mass is 560 g/mol. The van der Waals surface area contributed by atoms with E-state index < -0.39 is 12.0 Å². The number of aliphatic hydroxyl groups is 1. The molecule has 4 atom stereocenters. The van der Waals surface area contributed by atoms with Gasteiger partial charge in [-0.3, -0.25) is 4.98 Å². The fourth-order valence-corrected chi connectivity index (χ4v) is 6.14. The Morgan fingerprint density at radius 1 is 1.10 bits per heavy atom. The average molecular weight is 561 g/mol. The highest BCUT2D eigenvalue weighted by molar-refractivity contribution is 6.03. The van der Waals surface area contributed by atoms with Crippen LogP contribution >= 0.6 is 0 Å². The molecule has 0 amide bonds. The molecule has 0 spiro atoms. The van der Waals surface area contributed by atoms with Gasteiger partial charge in [0.2, 0.25) is 0 Å². The molecular weight excluding hydrogens is 522 g/mol. The van der Waals surface area contributed by atoms with Crippen molar-refractivity contribution in [2.75, 3.05) is 5.32 Å². The maximum atomic E-state index is 14.4. The van der Waals surface area contributed by atoms with Crippen LogP contribution in [-0.2, 0) is 0 Å². The van der Waals surface area contributed by atoms with E-state index in [1.165, 1.54) is 18.1 Å². The van der Waals surface area contributed by atoms with Crippen LogP contribution in [0.3, 0.4) is 0 Å². The molecule has 9 heteroatoms. The number of allylic oxidation sites excluding steroid dienone is 2. The minimum Gasteiger partial charge on any atom is -0.393 e. The highest BCUT2D eigenvalue weighted by Gasteiger charge is 2.29. The number of hydrogen-bond donors (Lipinski definition) is 2. The van der Waals surface area contributed by atoms with Gasteiger partial charge in [-0.25, -0.2) is 28.7 Å². The molecule has 41 heavy (non-hydrogen) atoms. The molecule has 6 rings (SSSR count). The van der Waals surface area contributed by atoms with E-state index in [2.05, 4.69) is 20.3 Å². The van der Waals surface area contributed by atoms with Gasteiger partial charge in [0.25, 0.3) is 0 Å². The first-order valence-corrected chi connectivity index (χ1v) is 15.1. The van der Waals surface area contributed by atoms with Crippen LogP contribution in [0.1, 0.15) is 89.0 Å². The molecular formula is C32H38F2N6O. The zero-order valence-corrected chi connectivity index (χ0v) is 23.6. The third-order valence-corrected chi connectivity index (χ3v) is 8.60. The Morgan fingerprint density at radius 3 is 2.78 bits per heavy atom. The summed E-state index contributed by atoms with van der Waals surface area (Å²) >= 11 is 0. The maximum Gasteiger partial charge on any atom is 0.162 e. The molecule has 0 aliphatic heterocycles. The summed E-state index contributed by atoms with van der Waals surface area (Å²) in [5.74, 6) is 2.04. The number of nitrogens with one attached hydrogen (secondary N) is 1. The number of rotatable bonds is 8. The van der Waals surface area contributed by atoms with E-state index in [1.54, 1.807) is 24.5 Å². The molecule has 2 fully saturated rings. The third kappa shape index (κ3) is 6.61. The van der Waals surface area contributed by atoms with Crippen molar-refractivity contribution in [3.8, 4) is 11.4 Å². The van der Waals surface area contributed by atoms with Crippen LogP contribution in [0.25, 0.3) is 22.3 Å². The number of aliphatic hydroxyl groups excluding tert-OH is 1. The molecule has 0 bridgehead atoms. The minimum atomic E-state index is -1.45. The van der Waals surface area contributed by atoms with Gasteiger partial charge in [0.15, 0.2) is 11.6 Å². The zero-order valence-electron chi connectivity index (χ0n) is 23.6. The average Bonchev–Trinajstić information content (AvgIpc) is 3.82. The van der Waals surface area contributed by atoms with Crippen molar-refractivity contribution in [2.24, 2.45) is 10.9 Å². The number of aliphatic imine (C=N–C) groups is 1. The molecule has 3 aromatic heterocycles. The fourth-order valence-electron chi connectivity index (χ4n) is 6.14. The molecule has 3 aliphatic rings. The Hall–Kier alpha value is -3.33. The number of hydrogen-bond acceptors (Lipinski definition) is 7. The van der Waals surface area contributed by atoms with Gasteiger partial charge in [-0.15, -0.1) is 0 Å². The van der Waals surface area contributed by atoms with Gasteiger partial charge in [-0.2, -0.15) is 0 Å².